The molecule has 0 spiro atoms. The number of nitrogens with one attached hydrogen (secondary N) is 1. The molecule has 0 saturated carbocycles. The van der Waals surface area contributed by atoms with Crippen LogP contribution in [0.25, 0.3) is 0 Å². The number of hydrogen-bond acceptors (Lipinski definition) is 4. The highest BCUT2D eigenvalue weighted by atomic mass is 16.5. The SMILES string of the molecule is CNC(C(=O)N(C)CCOCc1ccccc1)c1cnn(C)c1. The highest BCUT2D eigenvalue weighted by Gasteiger charge is 2.23. The lowest BCUT2D eigenvalue weighted by atomic mass is 10.1. The molecule has 1 atom stereocenters. The zero-order chi connectivity index (χ0) is 16.7. The summed E-state index contributed by atoms with van der Waals surface area (Å²) in [6, 6.07) is 9.61. The Balaban J connectivity index is 1.79. The molecule has 6 heteroatoms. The third-order valence-corrected chi connectivity index (χ3v) is 3.65. The summed E-state index contributed by atoms with van der Waals surface area (Å²) < 4.78 is 7.32. The quantitative estimate of drug-likeness (QED) is 0.747. The molecule has 124 valence electrons. The number of carbonyl (C=O) groups is 1. The monoisotopic (exact) mass is 316 g/mol. The van der Waals surface area contributed by atoms with E-state index in [0.29, 0.717) is 19.8 Å². The smallest absolute Gasteiger partial charge is 0.244 e. The molecule has 0 aliphatic carbocycles. The largest absolute Gasteiger partial charge is 0.375 e. The molecule has 2 aromatic rings. The van der Waals surface area contributed by atoms with Crippen molar-refractivity contribution in [3.8, 4) is 0 Å². The fourth-order valence-corrected chi connectivity index (χ4v) is 2.32. The van der Waals surface area contributed by atoms with Crippen molar-refractivity contribution in [1.29, 1.82) is 0 Å². The van der Waals surface area contributed by atoms with Crippen molar-refractivity contribution in [2.24, 2.45) is 7.05 Å². The van der Waals surface area contributed by atoms with Crippen molar-refractivity contribution in [2.75, 3.05) is 27.2 Å². The molecule has 0 fully saturated rings. The summed E-state index contributed by atoms with van der Waals surface area (Å²) in [5, 5.41) is 7.16. The second kappa shape index (κ2) is 8.45. The summed E-state index contributed by atoms with van der Waals surface area (Å²) in [4.78, 5) is 14.2. The van der Waals surface area contributed by atoms with E-state index in [1.807, 2.05) is 43.6 Å². The van der Waals surface area contributed by atoms with Crippen molar-refractivity contribution < 1.29 is 9.53 Å². The second-order valence-electron chi connectivity index (χ2n) is 5.47. The molecule has 1 unspecified atom stereocenters. The van der Waals surface area contributed by atoms with E-state index >= 15 is 0 Å². The number of rotatable bonds is 8. The van der Waals surface area contributed by atoms with Crippen LogP contribution in [0.3, 0.4) is 0 Å². The number of nitrogens with zero attached hydrogens (tertiary/aromatic N) is 3. The van der Waals surface area contributed by atoms with Gasteiger partial charge >= 0.3 is 0 Å². The van der Waals surface area contributed by atoms with Gasteiger partial charge in [-0.2, -0.15) is 5.10 Å². The van der Waals surface area contributed by atoms with Gasteiger partial charge in [-0.05, 0) is 12.6 Å². The van der Waals surface area contributed by atoms with Crippen LogP contribution in [0.15, 0.2) is 42.7 Å². The average Bonchev–Trinajstić information content (AvgIpc) is 2.99. The number of ether oxygens (including phenoxy) is 1. The van der Waals surface area contributed by atoms with Crippen molar-refractivity contribution >= 4 is 5.91 Å². The molecule has 2 rings (SSSR count). The Morgan fingerprint density at radius 3 is 2.74 bits per heavy atom. The number of amides is 1. The first-order chi connectivity index (χ1) is 11.1. The van der Waals surface area contributed by atoms with E-state index in [2.05, 4.69) is 10.4 Å². The van der Waals surface area contributed by atoms with Crippen molar-refractivity contribution in [3.63, 3.8) is 0 Å². The standard InChI is InChI=1S/C17H24N4O2/c1-18-16(15-11-19-21(3)12-15)17(22)20(2)9-10-23-13-14-7-5-4-6-8-14/h4-8,11-12,16,18H,9-10,13H2,1-3H3. The van der Waals surface area contributed by atoms with E-state index in [0.717, 1.165) is 11.1 Å². The third-order valence-electron chi connectivity index (χ3n) is 3.65. The predicted octanol–water partition coefficient (Wildman–Crippen LogP) is 1.36. The molecule has 23 heavy (non-hydrogen) atoms. The Bertz CT molecular complexity index is 612. The number of carbonyl (C=O) groups excluding carboxylic acids is 1. The van der Waals surface area contributed by atoms with Crippen LogP contribution in [0, 0.1) is 0 Å². The van der Waals surface area contributed by atoms with Crippen LogP contribution < -0.4 is 5.32 Å². The van der Waals surface area contributed by atoms with Crippen LogP contribution in [-0.4, -0.2) is 47.8 Å². The molecular formula is C17H24N4O2. The number of aryl methyl sites for hydroxylation is 1. The molecule has 1 aromatic carbocycles. The first-order valence-corrected chi connectivity index (χ1v) is 7.64. The minimum Gasteiger partial charge on any atom is -0.375 e. The second-order valence-corrected chi connectivity index (χ2v) is 5.47. The summed E-state index contributed by atoms with van der Waals surface area (Å²) in [6.45, 7) is 1.60. The molecule has 1 amide bonds. The Labute approximate surface area is 137 Å². The van der Waals surface area contributed by atoms with Gasteiger partial charge in [0.2, 0.25) is 5.91 Å². The van der Waals surface area contributed by atoms with Gasteiger partial charge in [-0.25, -0.2) is 0 Å². The van der Waals surface area contributed by atoms with Gasteiger partial charge in [0.15, 0.2) is 0 Å². The van der Waals surface area contributed by atoms with Crippen molar-refractivity contribution in [1.82, 2.24) is 20.0 Å². The Hall–Kier alpha value is -2.18. The lowest BCUT2D eigenvalue weighted by Gasteiger charge is -2.22. The van der Waals surface area contributed by atoms with Gasteiger partial charge in [0.25, 0.3) is 0 Å². The predicted molar refractivity (Wildman–Crippen MR) is 88.7 cm³/mol. The summed E-state index contributed by atoms with van der Waals surface area (Å²) in [6.07, 6.45) is 3.55. The molecular weight excluding hydrogens is 292 g/mol. The van der Waals surface area contributed by atoms with Crippen LogP contribution in [0.4, 0.5) is 0 Å². The van der Waals surface area contributed by atoms with Crippen LogP contribution in [0.5, 0.6) is 0 Å². The summed E-state index contributed by atoms with van der Waals surface area (Å²) in [5.41, 5.74) is 1.99. The maximum absolute atomic E-state index is 12.5. The molecule has 0 aliphatic rings. The van der Waals surface area contributed by atoms with E-state index in [9.17, 15) is 4.79 Å². The first-order valence-electron chi connectivity index (χ1n) is 7.64. The van der Waals surface area contributed by atoms with Gasteiger partial charge in [-0.1, -0.05) is 30.3 Å². The lowest BCUT2D eigenvalue weighted by molar-refractivity contribution is -0.132. The van der Waals surface area contributed by atoms with Gasteiger partial charge in [0, 0.05) is 32.4 Å². The van der Waals surface area contributed by atoms with E-state index in [1.54, 1.807) is 29.9 Å². The van der Waals surface area contributed by atoms with Crippen LogP contribution in [0.1, 0.15) is 17.2 Å². The molecule has 0 radical (unpaired) electrons. The number of likely N-dealkylation sites (N-methyl/N-ethyl adjacent to an activating group) is 2. The molecule has 0 aliphatic heterocycles. The summed E-state index contributed by atoms with van der Waals surface area (Å²) in [5.74, 6) is 0.00353. The minimum absolute atomic E-state index is 0.00353. The van der Waals surface area contributed by atoms with Gasteiger partial charge in [0.1, 0.15) is 6.04 Å². The summed E-state index contributed by atoms with van der Waals surface area (Å²) in [7, 11) is 5.39. The topological polar surface area (TPSA) is 59.4 Å². The molecule has 1 heterocycles. The highest BCUT2D eigenvalue weighted by molar-refractivity contribution is 5.82. The van der Waals surface area contributed by atoms with E-state index in [4.69, 9.17) is 4.74 Å². The molecule has 0 bridgehead atoms. The fourth-order valence-electron chi connectivity index (χ4n) is 2.32. The zero-order valence-corrected chi connectivity index (χ0v) is 13.9. The maximum atomic E-state index is 12.5. The molecule has 1 aromatic heterocycles. The number of hydrogen-bond donors (Lipinski definition) is 1. The van der Waals surface area contributed by atoms with Gasteiger partial charge in [-0.15, -0.1) is 0 Å². The van der Waals surface area contributed by atoms with Crippen molar-refractivity contribution in [2.45, 2.75) is 12.6 Å². The van der Waals surface area contributed by atoms with E-state index < -0.39 is 0 Å². The Morgan fingerprint density at radius 1 is 1.39 bits per heavy atom. The molecule has 1 N–H and O–H groups in total. The first kappa shape index (κ1) is 17.2. The minimum atomic E-state index is -0.386. The highest BCUT2D eigenvalue weighted by Crippen LogP contribution is 2.13. The Morgan fingerprint density at radius 2 is 2.13 bits per heavy atom. The fraction of sp³-hybridized carbons (Fsp3) is 0.412. The number of aromatic nitrogens is 2. The lowest BCUT2D eigenvalue weighted by Crippen LogP contribution is -2.39. The third kappa shape index (κ3) is 4.91. The van der Waals surface area contributed by atoms with Gasteiger partial charge in [-0.3, -0.25) is 9.48 Å². The van der Waals surface area contributed by atoms with Gasteiger partial charge < -0.3 is 15.0 Å². The average molecular weight is 316 g/mol. The molecule has 0 saturated heterocycles. The molecule has 6 nitrogen and oxygen atoms in total. The van der Waals surface area contributed by atoms with Crippen LogP contribution >= 0.6 is 0 Å². The van der Waals surface area contributed by atoms with Gasteiger partial charge in [0.05, 0.1) is 19.4 Å². The van der Waals surface area contributed by atoms with Crippen LogP contribution in [0.2, 0.25) is 0 Å². The van der Waals surface area contributed by atoms with E-state index in [1.165, 1.54) is 0 Å². The number of benzene rings is 1. The Kier molecular flexibility index (Phi) is 6.31. The maximum Gasteiger partial charge on any atom is 0.244 e. The normalized spacial score (nSPS) is 12.1. The van der Waals surface area contributed by atoms with E-state index in [-0.39, 0.29) is 11.9 Å². The van der Waals surface area contributed by atoms with Crippen LogP contribution in [-0.2, 0) is 23.2 Å². The zero-order valence-electron chi connectivity index (χ0n) is 13.9. The van der Waals surface area contributed by atoms with Crippen molar-refractivity contribution in [3.05, 3.63) is 53.9 Å². The summed E-state index contributed by atoms with van der Waals surface area (Å²) >= 11 is 0.